The molecule has 3 aromatic carbocycles. The highest BCUT2D eigenvalue weighted by Gasteiger charge is 2.10. The minimum Gasteiger partial charge on any atom is -0.208 e. The van der Waals surface area contributed by atoms with E-state index >= 15 is 0 Å². The van der Waals surface area contributed by atoms with Crippen LogP contribution in [0.4, 0.5) is 0 Å². The standard InChI is InChI=1S/C17H11ClN4/c18-17-14-7-3-1-5-12(14)16(9-21-22-10-19-20-11-22)13-6-2-4-8-15(13)17/h1-11H/b21-9-. The van der Waals surface area contributed by atoms with E-state index in [2.05, 4.69) is 27.4 Å². The summed E-state index contributed by atoms with van der Waals surface area (Å²) in [5.41, 5.74) is 1.03. The third-order valence-electron chi connectivity index (χ3n) is 3.63. The van der Waals surface area contributed by atoms with E-state index < -0.39 is 0 Å². The van der Waals surface area contributed by atoms with E-state index in [1.54, 1.807) is 17.3 Å². The molecule has 1 aromatic heterocycles. The van der Waals surface area contributed by atoms with Crippen molar-refractivity contribution in [3.63, 3.8) is 0 Å². The monoisotopic (exact) mass is 306 g/mol. The van der Waals surface area contributed by atoms with E-state index in [0.717, 1.165) is 32.1 Å². The zero-order valence-corrected chi connectivity index (χ0v) is 12.3. The molecule has 22 heavy (non-hydrogen) atoms. The second kappa shape index (κ2) is 5.24. The first-order valence-corrected chi connectivity index (χ1v) is 7.20. The fourth-order valence-corrected chi connectivity index (χ4v) is 2.96. The molecule has 0 unspecified atom stereocenters. The number of rotatable bonds is 2. The Morgan fingerprint density at radius 2 is 1.32 bits per heavy atom. The van der Waals surface area contributed by atoms with Crippen LogP contribution in [0, 0.1) is 0 Å². The Bertz CT molecular complexity index is 933. The lowest BCUT2D eigenvalue weighted by Crippen LogP contribution is -1.92. The molecule has 0 aliphatic carbocycles. The number of benzene rings is 3. The second-order valence-electron chi connectivity index (χ2n) is 4.91. The van der Waals surface area contributed by atoms with Gasteiger partial charge in [-0.25, -0.2) is 4.68 Å². The van der Waals surface area contributed by atoms with Gasteiger partial charge in [-0.3, -0.25) is 0 Å². The normalized spacial score (nSPS) is 11.7. The van der Waals surface area contributed by atoms with Crippen molar-refractivity contribution in [2.75, 3.05) is 0 Å². The summed E-state index contributed by atoms with van der Waals surface area (Å²) < 4.78 is 1.57. The van der Waals surface area contributed by atoms with Crippen LogP contribution in [0.2, 0.25) is 5.02 Å². The van der Waals surface area contributed by atoms with Crippen molar-refractivity contribution in [2.24, 2.45) is 5.10 Å². The topological polar surface area (TPSA) is 43.1 Å². The molecule has 0 fully saturated rings. The van der Waals surface area contributed by atoms with Crippen LogP contribution in [0.25, 0.3) is 21.5 Å². The molecule has 0 spiro atoms. The molecular weight excluding hydrogens is 296 g/mol. The molecule has 4 nitrogen and oxygen atoms in total. The Balaban J connectivity index is 2.07. The van der Waals surface area contributed by atoms with Gasteiger partial charge in [-0.15, -0.1) is 10.2 Å². The Hall–Kier alpha value is -2.72. The molecule has 0 N–H and O–H groups in total. The zero-order chi connectivity index (χ0) is 14.9. The SMILES string of the molecule is Clc1c2ccccc2c(/C=N\n2cnnc2)c2ccccc12. The van der Waals surface area contributed by atoms with Gasteiger partial charge in [0.25, 0.3) is 0 Å². The van der Waals surface area contributed by atoms with E-state index in [0.29, 0.717) is 0 Å². The molecule has 1 heterocycles. The molecule has 106 valence electrons. The molecule has 0 saturated heterocycles. The fraction of sp³-hybridized carbons (Fsp3) is 0. The van der Waals surface area contributed by atoms with Crippen molar-refractivity contribution in [3.8, 4) is 0 Å². The molecule has 0 radical (unpaired) electrons. The predicted octanol–water partition coefficient (Wildman–Crippen LogP) is 4.12. The van der Waals surface area contributed by atoms with Crippen LogP contribution in [-0.4, -0.2) is 21.1 Å². The first-order valence-electron chi connectivity index (χ1n) is 6.82. The molecule has 0 atom stereocenters. The molecular formula is C17H11ClN4. The summed E-state index contributed by atoms with van der Waals surface area (Å²) >= 11 is 6.58. The van der Waals surface area contributed by atoms with Crippen molar-refractivity contribution < 1.29 is 0 Å². The van der Waals surface area contributed by atoms with Crippen molar-refractivity contribution >= 4 is 39.4 Å². The van der Waals surface area contributed by atoms with Crippen molar-refractivity contribution in [3.05, 3.63) is 71.8 Å². The van der Waals surface area contributed by atoms with Gasteiger partial charge in [-0.1, -0.05) is 60.1 Å². The molecule has 0 amide bonds. The molecule has 0 saturated carbocycles. The summed E-state index contributed by atoms with van der Waals surface area (Å²) in [5, 5.41) is 16.9. The smallest absolute Gasteiger partial charge is 0.141 e. The van der Waals surface area contributed by atoms with Crippen molar-refractivity contribution in [1.82, 2.24) is 14.9 Å². The van der Waals surface area contributed by atoms with Gasteiger partial charge in [0.15, 0.2) is 0 Å². The van der Waals surface area contributed by atoms with Gasteiger partial charge >= 0.3 is 0 Å². The third-order valence-corrected chi connectivity index (χ3v) is 4.04. The van der Waals surface area contributed by atoms with Gasteiger partial charge < -0.3 is 0 Å². The van der Waals surface area contributed by atoms with E-state index in [1.807, 2.05) is 42.6 Å². The van der Waals surface area contributed by atoms with E-state index in [9.17, 15) is 0 Å². The predicted molar refractivity (Wildman–Crippen MR) is 89.5 cm³/mol. The number of halogens is 1. The van der Waals surface area contributed by atoms with Crippen LogP contribution >= 0.6 is 11.6 Å². The summed E-state index contributed by atoms with van der Waals surface area (Å²) in [6, 6.07) is 16.2. The van der Waals surface area contributed by atoms with Gasteiger partial charge in [0.05, 0.1) is 11.2 Å². The summed E-state index contributed by atoms with van der Waals surface area (Å²) in [5.74, 6) is 0. The maximum Gasteiger partial charge on any atom is 0.141 e. The number of fused-ring (bicyclic) bond motifs is 2. The first-order chi connectivity index (χ1) is 10.8. The molecule has 0 bridgehead atoms. The van der Waals surface area contributed by atoms with E-state index in [1.165, 1.54) is 0 Å². The Morgan fingerprint density at radius 3 is 1.86 bits per heavy atom. The highest BCUT2D eigenvalue weighted by molar-refractivity contribution is 6.42. The summed E-state index contributed by atoms with van der Waals surface area (Å²) in [6.45, 7) is 0. The van der Waals surface area contributed by atoms with E-state index in [-0.39, 0.29) is 0 Å². The van der Waals surface area contributed by atoms with Gasteiger partial charge in [0.1, 0.15) is 12.7 Å². The third kappa shape index (κ3) is 2.05. The van der Waals surface area contributed by atoms with Crippen molar-refractivity contribution in [2.45, 2.75) is 0 Å². The lowest BCUT2D eigenvalue weighted by atomic mass is 9.97. The minimum absolute atomic E-state index is 0.771. The van der Waals surface area contributed by atoms with Gasteiger partial charge in [0, 0.05) is 16.3 Å². The number of hydrogen-bond donors (Lipinski definition) is 0. The Morgan fingerprint density at radius 1 is 0.818 bits per heavy atom. The van der Waals surface area contributed by atoms with Crippen molar-refractivity contribution in [1.29, 1.82) is 0 Å². The lowest BCUT2D eigenvalue weighted by molar-refractivity contribution is 0.879. The van der Waals surface area contributed by atoms with Crippen LogP contribution in [0.3, 0.4) is 0 Å². The minimum atomic E-state index is 0.771. The molecule has 5 heteroatoms. The van der Waals surface area contributed by atoms with Crippen LogP contribution < -0.4 is 0 Å². The maximum atomic E-state index is 6.58. The highest BCUT2D eigenvalue weighted by atomic mass is 35.5. The number of aromatic nitrogens is 3. The average molecular weight is 307 g/mol. The fourth-order valence-electron chi connectivity index (χ4n) is 2.63. The first kappa shape index (κ1) is 13.0. The highest BCUT2D eigenvalue weighted by Crippen LogP contribution is 2.35. The van der Waals surface area contributed by atoms with Crippen LogP contribution in [0.15, 0.2) is 66.3 Å². The number of hydrogen-bond acceptors (Lipinski definition) is 3. The van der Waals surface area contributed by atoms with Gasteiger partial charge in [0.2, 0.25) is 0 Å². The van der Waals surface area contributed by atoms with Crippen LogP contribution in [0.5, 0.6) is 0 Å². The maximum absolute atomic E-state index is 6.58. The van der Waals surface area contributed by atoms with Gasteiger partial charge in [-0.2, -0.15) is 5.10 Å². The number of nitrogens with zero attached hydrogens (tertiary/aromatic N) is 4. The Kier molecular flexibility index (Phi) is 3.09. The molecule has 4 aromatic rings. The molecule has 0 aliphatic rings. The van der Waals surface area contributed by atoms with Crippen LogP contribution in [0.1, 0.15) is 5.56 Å². The average Bonchev–Trinajstić information content (AvgIpc) is 3.08. The quantitative estimate of drug-likeness (QED) is 0.413. The summed E-state index contributed by atoms with van der Waals surface area (Å²) in [4.78, 5) is 0. The summed E-state index contributed by atoms with van der Waals surface area (Å²) in [6.07, 6.45) is 4.93. The lowest BCUT2D eigenvalue weighted by Gasteiger charge is -2.10. The summed E-state index contributed by atoms with van der Waals surface area (Å²) in [7, 11) is 0. The van der Waals surface area contributed by atoms with Gasteiger partial charge in [-0.05, 0) is 10.8 Å². The Labute approximate surface area is 131 Å². The largest absolute Gasteiger partial charge is 0.208 e. The second-order valence-corrected chi connectivity index (χ2v) is 5.28. The molecule has 0 aliphatic heterocycles. The molecule has 4 rings (SSSR count). The zero-order valence-electron chi connectivity index (χ0n) is 11.5. The van der Waals surface area contributed by atoms with E-state index in [4.69, 9.17) is 11.6 Å². The van der Waals surface area contributed by atoms with Crippen LogP contribution in [-0.2, 0) is 0 Å².